The summed E-state index contributed by atoms with van der Waals surface area (Å²) in [6, 6.07) is 6.33. The zero-order valence-corrected chi connectivity index (χ0v) is 19.8. The standard InChI is InChI=1S/C24H30F2N4O5/c1-28-18-14-17(35-2)4-3-16(18)13-19(28)21(31)29-9-11-30(12-10-29)22(32)20(27-23(33)34)15-5-7-24(25,26)8-6-15/h3-4,13-15,20,27H,5-12H2,1-2H3,(H,33,34). The maximum atomic E-state index is 13.6. The van der Waals surface area contributed by atoms with Crippen LogP contribution in [0.5, 0.6) is 5.75 Å². The smallest absolute Gasteiger partial charge is 0.405 e. The third-order valence-electron chi connectivity index (χ3n) is 7.13. The Hall–Kier alpha value is -3.37. The van der Waals surface area contributed by atoms with Crippen LogP contribution >= 0.6 is 0 Å². The zero-order valence-electron chi connectivity index (χ0n) is 19.8. The van der Waals surface area contributed by atoms with Crippen molar-refractivity contribution >= 4 is 28.8 Å². The number of alkyl halides is 2. The molecule has 0 bridgehead atoms. The fraction of sp³-hybridized carbons (Fsp3) is 0.542. The Morgan fingerprint density at radius 2 is 1.71 bits per heavy atom. The molecular weight excluding hydrogens is 462 g/mol. The number of ether oxygens (including phenoxy) is 1. The number of hydrogen-bond acceptors (Lipinski definition) is 4. The lowest BCUT2D eigenvalue weighted by Gasteiger charge is -2.39. The molecule has 11 heteroatoms. The maximum absolute atomic E-state index is 13.6. The Bertz CT molecular complexity index is 1120. The third kappa shape index (κ3) is 5.18. The summed E-state index contributed by atoms with van der Waals surface area (Å²) in [7, 11) is 3.39. The molecule has 9 nitrogen and oxygen atoms in total. The number of amides is 3. The van der Waals surface area contributed by atoms with Gasteiger partial charge in [0.15, 0.2) is 0 Å². The second-order valence-corrected chi connectivity index (χ2v) is 9.25. The van der Waals surface area contributed by atoms with Gasteiger partial charge in [0.1, 0.15) is 17.5 Å². The molecule has 3 amide bonds. The van der Waals surface area contributed by atoms with Gasteiger partial charge in [-0.25, -0.2) is 13.6 Å². The van der Waals surface area contributed by atoms with Crippen LogP contribution in [0.1, 0.15) is 36.2 Å². The Balaban J connectivity index is 1.42. The predicted molar refractivity (Wildman–Crippen MR) is 124 cm³/mol. The lowest BCUT2D eigenvalue weighted by atomic mass is 9.81. The Morgan fingerprint density at radius 3 is 2.31 bits per heavy atom. The number of carbonyl (C=O) groups excluding carboxylic acids is 2. The summed E-state index contributed by atoms with van der Waals surface area (Å²) in [4.78, 5) is 40.9. The SMILES string of the molecule is COc1ccc2cc(C(=O)N3CCN(C(=O)C(NC(=O)O)C4CCC(F)(F)CC4)CC3)n(C)c2c1. The molecule has 1 aliphatic carbocycles. The van der Waals surface area contributed by atoms with Crippen molar-refractivity contribution in [2.75, 3.05) is 33.3 Å². The second kappa shape index (κ2) is 9.71. The van der Waals surface area contributed by atoms with Gasteiger partial charge in [-0.15, -0.1) is 0 Å². The van der Waals surface area contributed by atoms with E-state index in [0.29, 0.717) is 11.4 Å². The molecule has 4 rings (SSSR count). The lowest BCUT2D eigenvalue weighted by Crippen LogP contribution is -2.58. The molecule has 2 aliphatic rings. The van der Waals surface area contributed by atoms with E-state index in [1.807, 2.05) is 35.9 Å². The Morgan fingerprint density at radius 1 is 1.09 bits per heavy atom. The molecule has 2 fully saturated rings. The first-order chi connectivity index (χ1) is 16.6. The van der Waals surface area contributed by atoms with E-state index in [1.165, 1.54) is 4.90 Å². The summed E-state index contributed by atoms with van der Waals surface area (Å²) in [5, 5.41) is 12.4. The summed E-state index contributed by atoms with van der Waals surface area (Å²) >= 11 is 0. The number of nitrogens with zero attached hydrogens (tertiary/aromatic N) is 3. The van der Waals surface area contributed by atoms with Crippen LogP contribution in [0.3, 0.4) is 0 Å². The number of hydrogen-bond donors (Lipinski definition) is 2. The summed E-state index contributed by atoms with van der Waals surface area (Å²) in [6.07, 6.45) is -1.92. The molecule has 1 unspecified atom stereocenters. The first-order valence-corrected chi connectivity index (χ1v) is 11.7. The molecule has 1 aromatic heterocycles. The van der Waals surface area contributed by atoms with Gasteiger partial charge in [-0.2, -0.15) is 0 Å². The topological polar surface area (TPSA) is 104 Å². The highest BCUT2D eigenvalue weighted by Gasteiger charge is 2.42. The van der Waals surface area contributed by atoms with Gasteiger partial charge in [-0.1, -0.05) is 0 Å². The molecule has 190 valence electrons. The van der Waals surface area contributed by atoms with Gasteiger partial charge in [0.05, 0.1) is 12.6 Å². The van der Waals surface area contributed by atoms with E-state index in [2.05, 4.69) is 5.32 Å². The highest BCUT2D eigenvalue weighted by Crippen LogP contribution is 2.38. The van der Waals surface area contributed by atoms with Gasteiger partial charge in [0, 0.05) is 57.5 Å². The summed E-state index contributed by atoms with van der Waals surface area (Å²) < 4.78 is 34.2. The number of piperazine rings is 1. The average molecular weight is 493 g/mol. The molecule has 1 saturated heterocycles. The van der Waals surface area contributed by atoms with Crippen molar-refractivity contribution < 1.29 is 33.0 Å². The monoisotopic (exact) mass is 492 g/mol. The van der Waals surface area contributed by atoms with Crippen LogP contribution in [-0.2, 0) is 11.8 Å². The largest absolute Gasteiger partial charge is 0.497 e. The summed E-state index contributed by atoms with van der Waals surface area (Å²) in [5.74, 6) is -3.15. The summed E-state index contributed by atoms with van der Waals surface area (Å²) in [6.45, 7) is 1.06. The first kappa shape index (κ1) is 24.7. The molecule has 2 N–H and O–H groups in total. The number of aromatic nitrogens is 1. The van der Waals surface area contributed by atoms with Crippen molar-refractivity contribution in [2.24, 2.45) is 13.0 Å². The van der Waals surface area contributed by atoms with Crippen LogP contribution in [0.2, 0.25) is 0 Å². The van der Waals surface area contributed by atoms with Gasteiger partial charge >= 0.3 is 6.09 Å². The molecule has 0 radical (unpaired) electrons. The van der Waals surface area contributed by atoms with Gasteiger partial charge in [0.2, 0.25) is 11.8 Å². The van der Waals surface area contributed by atoms with Crippen LogP contribution in [0.15, 0.2) is 24.3 Å². The summed E-state index contributed by atoms with van der Waals surface area (Å²) in [5.41, 5.74) is 1.38. The van der Waals surface area contributed by atoms with Crippen molar-refractivity contribution in [3.05, 3.63) is 30.0 Å². The molecule has 35 heavy (non-hydrogen) atoms. The number of carbonyl (C=O) groups is 3. The van der Waals surface area contributed by atoms with Crippen molar-refractivity contribution in [1.82, 2.24) is 19.7 Å². The first-order valence-electron chi connectivity index (χ1n) is 11.7. The van der Waals surface area contributed by atoms with E-state index in [1.54, 1.807) is 12.0 Å². The quantitative estimate of drug-likeness (QED) is 0.668. The minimum absolute atomic E-state index is 0.0774. The molecule has 2 heterocycles. The van der Waals surface area contributed by atoms with Crippen LogP contribution in [0.4, 0.5) is 13.6 Å². The fourth-order valence-corrected chi connectivity index (χ4v) is 5.04. The zero-order chi connectivity index (χ0) is 25.3. The number of methoxy groups -OCH3 is 1. The highest BCUT2D eigenvalue weighted by atomic mass is 19.3. The lowest BCUT2D eigenvalue weighted by molar-refractivity contribution is -0.137. The van der Waals surface area contributed by atoms with Gasteiger partial charge in [-0.3, -0.25) is 9.59 Å². The van der Waals surface area contributed by atoms with Crippen molar-refractivity contribution in [2.45, 2.75) is 37.6 Å². The van der Waals surface area contributed by atoms with E-state index in [9.17, 15) is 28.3 Å². The minimum Gasteiger partial charge on any atom is -0.497 e. The van der Waals surface area contributed by atoms with Crippen LogP contribution in [0.25, 0.3) is 10.9 Å². The number of fused-ring (bicyclic) bond motifs is 1. The van der Waals surface area contributed by atoms with E-state index in [0.717, 1.165) is 10.9 Å². The van der Waals surface area contributed by atoms with Crippen molar-refractivity contribution in [3.63, 3.8) is 0 Å². The van der Waals surface area contributed by atoms with Crippen LogP contribution < -0.4 is 10.1 Å². The molecule has 2 aromatic rings. The normalized spacial score (nSPS) is 19.4. The van der Waals surface area contributed by atoms with Crippen molar-refractivity contribution in [3.8, 4) is 5.75 Å². The maximum Gasteiger partial charge on any atom is 0.405 e. The second-order valence-electron chi connectivity index (χ2n) is 9.25. The van der Waals surface area contributed by atoms with E-state index in [4.69, 9.17) is 4.74 Å². The minimum atomic E-state index is -2.77. The van der Waals surface area contributed by atoms with Crippen molar-refractivity contribution in [1.29, 1.82) is 0 Å². The fourth-order valence-electron chi connectivity index (χ4n) is 5.04. The Kier molecular flexibility index (Phi) is 6.86. The molecule has 1 atom stereocenters. The third-order valence-corrected chi connectivity index (χ3v) is 7.13. The molecule has 1 aromatic carbocycles. The number of aryl methyl sites for hydroxylation is 1. The van der Waals surface area contributed by atoms with Gasteiger partial charge in [-0.05, 0) is 37.0 Å². The number of benzene rings is 1. The number of nitrogens with one attached hydrogen (secondary N) is 1. The average Bonchev–Trinajstić information content (AvgIpc) is 3.17. The number of carboxylic acid groups (broad SMARTS) is 1. The van der Waals surface area contributed by atoms with E-state index in [-0.39, 0.29) is 57.8 Å². The van der Waals surface area contributed by atoms with Gasteiger partial charge in [0.25, 0.3) is 5.91 Å². The van der Waals surface area contributed by atoms with Gasteiger partial charge < -0.3 is 29.5 Å². The predicted octanol–water partition coefficient (Wildman–Crippen LogP) is 2.93. The van der Waals surface area contributed by atoms with E-state index < -0.39 is 29.9 Å². The molecular formula is C24H30F2N4O5. The number of rotatable bonds is 5. The molecule has 0 spiro atoms. The Labute approximate surface area is 201 Å². The molecule has 1 saturated carbocycles. The molecule has 1 aliphatic heterocycles. The van der Waals surface area contributed by atoms with E-state index >= 15 is 0 Å². The highest BCUT2D eigenvalue weighted by molar-refractivity contribution is 5.99. The van der Waals surface area contributed by atoms with Crippen LogP contribution in [-0.4, -0.2) is 82.6 Å². The van der Waals surface area contributed by atoms with Crippen LogP contribution in [0, 0.1) is 5.92 Å². The number of halogens is 2.